The smallest absolute Gasteiger partial charge is 0.243 e. The first kappa shape index (κ1) is 15.0. The van der Waals surface area contributed by atoms with Gasteiger partial charge in [-0.2, -0.15) is 0 Å². The highest BCUT2D eigenvalue weighted by atomic mass is 35.5. The molecule has 2 aromatic rings. The van der Waals surface area contributed by atoms with Gasteiger partial charge in [0.1, 0.15) is 0 Å². The van der Waals surface area contributed by atoms with Gasteiger partial charge in [0.15, 0.2) is 0 Å². The number of nitrogens with one attached hydrogen (secondary N) is 1. The second-order valence-corrected chi connectivity index (χ2v) is 5.77. The Morgan fingerprint density at radius 3 is 2.70 bits per heavy atom. The van der Waals surface area contributed by atoms with Gasteiger partial charge in [-0.1, -0.05) is 23.7 Å². The number of hydrogen-bond donors (Lipinski definition) is 2. The van der Waals surface area contributed by atoms with Crippen molar-refractivity contribution in [3.05, 3.63) is 50.9 Å². The fourth-order valence-corrected chi connectivity index (χ4v) is 2.74. The summed E-state index contributed by atoms with van der Waals surface area (Å²) in [4.78, 5) is 15.4. The molecule has 20 heavy (non-hydrogen) atoms. The van der Waals surface area contributed by atoms with Gasteiger partial charge in [-0.05, 0) is 30.5 Å². The molecule has 4 nitrogen and oxygen atoms in total. The van der Waals surface area contributed by atoms with E-state index < -0.39 is 0 Å². The summed E-state index contributed by atoms with van der Waals surface area (Å²) in [5.41, 5.74) is 3.74. The average Bonchev–Trinajstić information content (AvgIpc) is 2.92. The topological polar surface area (TPSA) is 62.2 Å². The van der Waals surface area contributed by atoms with E-state index in [0.29, 0.717) is 6.42 Å². The molecule has 1 aromatic heterocycles. The van der Waals surface area contributed by atoms with Crippen LogP contribution in [0.15, 0.2) is 29.6 Å². The number of aryl methyl sites for hydroxylation is 3. The summed E-state index contributed by atoms with van der Waals surface area (Å²) < 4.78 is 0. The van der Waals surface area contributed by atoms with Crippen LogP contribution < -0.4 is 5.48 Å². The Labute approximate surface area is 126 Å². The van der Waals surface area contributed by atoms with Crippen molar-refractivity contribution in [2.75, 3.05) is 0 Å². The second kappa shape index (κ2) is 7.38. The van der Waals surface area contributed by atoms with Crippen LogP contribution in [0.3, 0.4) is 0 Å². The van der Waals surface area contributed by atoms with Crippen LogP contribution in [0, 0.1) is 0 Å². The van der Waals surface area contributed by atoms with Crippen LogP contribution >= 0.6 is 22.9 Å². The van der Waals surface area contributed by atoms with Crippen LogP contribution in [0.2, 0.25) is 5.02 Å². The molecule has 2 rings (SSSR count). The molecule has 1 heterocycles. The molecule has 6 heteroatoms. The number of halogens is 1. The number of thiazole rings is 1. The standard InChI is InChI=1S/C14H15ClN2O2S/c15-11-4-1-10(2-5-11)3-8-14-16-12(9-20-14)6-7-13(18)17-19/h1-2,4-5,9,19H,3,6-8H2,(H,17,18). The molecule has 0 spiro atoms. The Kier molecular flexibility index (Phi) is 5.52. The van der Waals surface area contributed by atoms with Gasteiger partial charge in [0, 0.05) is 23.2 Å². The molecule has 0 aliphatic heterocycles. The van der Waals surface area contributed by atoms with Crippen molar-refractivity contribution in [1.29, 1.82) is 0 Å². The second-order valence-electron chi connectivity index (χ2n) is 4.39. The third-order valence-electron chi connectivity index (χ3n) is 2.87. The number of hydrogen-bond acceptors (Lipinski definition) is 4. The lowest BCUT2D eigenvalue weighted by atomic mass is 10.1. The molecule has 1 amide bonds. The molecule has 0 unspecified atom stereocenters. The Bertz CT molecular complexity index is 569. The number of benzene rings is 1. The first-order chi connectivity index (χ1) is 9.67. The minimum atomic E-state index is -0.388. The van der Waals surface area contributed by atoms with E-state index in [1.165, 1.54) is 5.56 Å². The SMILES string of the molecule is O=C(CCc1csc(CCc2ccc(Cl)cc2)n1)NO. The molecule has 2 N–H and O–H groups in total. The Hall–Kier alpha value is -1.43. The van der Waals surface area contributed by atoms with Crippen LogP contribution in [-0.2, 0) is 24.1 Å². The van der Waals surface area contributed by atoms with Gasteiger partial charge in [0.05, 0.1) is 10.7 Å². The molecule has 0 fully saturated rings. The minimum absolute atomic E-state index is 0.247. The van der Waals surface area contributed by atoms with E-state index in [1.807, 2.05) is 29.6 Å². The summed E-state index contributed by atoms with van der Waals surface area (Å²) in [6, 6.07) is 7.81. The van der Waals surface area contributed by atoms with Crippen molar-refractivity contribution in [3.8, 4) is 0 Å². The van der Waals surface area contributed by atoms with Crippen LogP contribution in [-0.4, -0.2) is 16.1 Å². The lowest BCUT2D eigenvalue weighted by molar-refractivity contribution is -0.129. The summed E-state index contributed by atoms with van der Waals surface area (Å²) in [6.07, 6.45) is 2.58. The fourth-order valence-electron chi connectivity index (χ4n) is 1.78. The molecule has 0 aliphatic carbocycles. The third-order valence-corrected chi connectivity index (χ3v) is 4.08. The lowest BCUT2D eigenvalue weighted by Crippen LogP contribution is -2.18. The van der Waals surface area contributed by atoms with Crippen LogP contribution in [0.5, 0.6) is 0 Å². The molecule has 1 aromatic carbocycles. The highest BCUT2D eigenvalue weighted by Gasteiger charge is 2.05. The van der Waals surface area contributed by atoms with E-state index >= 15 is 0 Å². The predicted octanol–water partition coefficient (Wildman–Crippen LogP) is 3.02. The quantitative estimate of drug-likeness (QED) is 0.637. The van der Waals surface area contributed by atoms with Crippen molar-refractivity contribution in [2.45, 2.75) is 25.7 Å². The zero-order valence-corrected chi connectivity index (χ0v) is 12.4. The number of carbonyl (C=O) groups excluding carboxylic acids is 1. The number of carbonyl (C=O) groups is 1. The molecule has 0 aliphatic rings. The molecule has 0 radical (unpaired) electrons. The van der Waals surface area contributed by atoms with Gasteiger partial charge >= 0.3 is 0 Å². The summed E-state index contributed by atoms with van der Waals surface area (Å²) in [6.45, 7) is 0. The Morgan fingerprint density at radius 2 is 2.00 bits per heavy atom. The van der Waals surface area contributed by atoms with Crippen molar-refractivity contribution < 1.29 is 10.0 Å². The van der Waals surface area contributed by atoms with Crippen molar-refractivity contribution >= 4 is 28.8 Å². The summed E-state index contributed by atoms with van der Waals surface area (Å²) >= 11 is 7.44. The maximum atomic E-state index is 10.9. The van der Waals surface area contributed by atoms with Crippen molar-refractivity contribution in [2.24, 2.45) is 0 Å². The van der Waals surface area contributed by atoms with E-state index in [1.54, 1.807) is 16.8 Å². The molecule has 0 saturated heterocycles. The summed E-state index contributed by atoms with van der Waals surface area (Å²) in [7, 11) is 0. The number of aromatic nitrogens is 1. The van der Waals surface area contributed by atoms with Gasteiger partial charge < -0.3 is 0 Å². The van der Waals surface area contributed by atoms with E-state index in [-0.39, 0.29) is 12.3 Å². The summed E-state index contributed by atoms with van der Waals surface area (Å²) in [5, 5.41) is 12.2. The minimum Gasteiger partial charge on any atom is -0.289 e. The fraction of sp³-hybridized carbons (Fsp3) is 0.286. The van der Waals surface area contributed by atoms with Gasteiger partial charge in [0.2, 0.25) is 5.91 Å². The monoisotopic (exact) mass is 310 g/mol. The summed E-state index contributed by atoms with van der Waals surface area (Å²) in [5.74, 6) is -0.388. The number of amides is 1. The Morgan fingerprint density at radius 1 is 1.25 bits per heavy atom. The average molecular weight is 311 g/mol. The highest BCUT2D eigenvalue weighted by molar-refractivity contribution is 7.09. The van der Waals surface area contributed by atoms with Gasteiger partial charge in [0.25, 0.3) is 0 Å². The van der Waals surface area contributed by atoms with Gasteiger partial charge in [-0.15, -0.1) is 11.3 Å². The van der Waals surface area contributed by atoms with Crippen LogP contribution in [0.25, 0.3) is 0 Å². The molecule has 106 valence electrons. The first-order valence-corrected chi connectivity index (χ1v) is 7.54. The van der Waals surface area contributed by atoms with Crippen molar-refractivity contribution in [3.63, 3.8) is 0 Å². The predicted molar refractivity (Wildman–Crippen MR) is 79.2 cm³/mol. The first-order valence-electron chi connectivity index (χ1n) is 6.28. The maximum absolute atomic E-state index is 10.9. The van der Waals surface area contributed by atoms with Gasteiger partial charge in [-0.3, -0.25) is 10.0 Å². The molecular weight excluding hydrogens is 296 g/mol. The Balaban J connectivity index is 1.83. The van der Waals surface area contributed by atoms with E-state index in [0.717, 1.165) is 28.6 Å². The van der Waals surface area contributed by atoms with Crippen LogP contribution in [0.4, 0.5) is 0 Å². The van der Waals surface area contributed by atoms with Gasteiger partial charge in [-0.25, -0.2) is 10.5 Å². The zero-order valence-electron chi connectivity index (χ0n) is 10.8. The lowest BCUT2D eigenvalue weighted by Gasteiger charge is -1.99. The van der Waals surface area contributed by atoms with E-state index in [4.69, 9.17) is 16.8 Å². The largest absolute Gasteiger partial charge is 0.289 e. The maximum Gasteiger partial charge on any atom is 0.243 e. The normalized spacial score (nSPS) is 10.5. The van der Waals surface area contributed by atoms with Crippen LogP contribution in [0.1, 0.15) is 22.7 Å². The highest BCUT2D eigenvalue weighted by Crippen LogP contribution is 2.15. The number of hydroxylamine groups is 1. The zero-order chi connectivity index (χ0) is 14.4. The molecule has 0 saturated carbocycles. The number of rotatable bonds is 6. The van der Waals surface area contributed by atoms with E-state index in [9.17, 15) is 4.79 Å². The van der Waals surface area contributed by atoms with E-state index in [2.05, 4.69) is 4.98 Å². The third kappa shape index (κ3) is 4.59. The molecule has 0 bridgehead atoms. The molecular formula is C14H15ClN2O2S. The molecule has 0 atom stereocenters. The van der Waals surface area contributed by atoms with Crippen molar-refractivity contribution in [1.82, 2.24) is 10.5 Å². The number of nitrogens with zero attached hydrogens (tertiary/aromatic N) is 1.